The van der Waals surface area contributed by atoms with Gasteiger partial charge in [-0.1, -0.05) is 29.3 Å². The molecule has 0 radical (unpaired) electrons. The summed E-state index contributed by atoms with van der Waals surface area (Å²) in [5.74, 6) is -0.851. The van der Waals surface area contributed by atoms with Crippen molar-refractivity contribution in [2.24, 2.45) is 0 Å². The molecule has 1 aromatic carbocycles. The van der Waals surface area contributed by atoms with E-state index >= 15 is 0 Å². The number of nitrogens with zero attached hydrogens (tertiary/aromatic N) is 1. The van der Waals surface area contributed by atoms with Gasteiger partial charge in [0.05, 0.1) is 10.0 Å². The third-order valence-electron chi connectivity index (χ3n) is 2.32. The van der Waals surface area contributed by atoms with Crippen LogP contribution in [0.5, 0.6) is 0 Å². The van der Waals surface area contributed by atoms with Crippen LogP contribution >= 0.6 is 23.2 Å². The summed E-state index contributed by atoms with van der Waals surface area (Å²) in [6, 6.07) is 4.60. The lowest BCUT2D eigenvalue weighted by Gasteiger charge is -2.20. The van der Waals surface area contributed by atoms with Crippen molar-refractivity contribution in [3.05, 3.63) is 33.8 Å². The predicted octanol–water partition coefficient (Wildman–Crippen LogP) is 2.55. The van der Waals surface area contributed by atoms with Gasteiger partial charge in [-0.05, 0) is 38.2 Å². The van der Waals surface area contributed by atoms with E-state index in [4.69, 9.17) is 28.3 Å². The molecule has 0 aliphatic carbocycles. The van der Waals surface area contributed by atoms with Crippen LogP contribution < -0.4 is 0 Å². The summed E-state index contributed by atoms with van der Waals surface area (Å²) < 4.78 is 0. The van der Waals surface area contributed by atoms with E-state index in [1.807, 2.05) is 0 Å². The third-order valence-corrected chi connectivity index (χ3v) is 3.06. The third kappa shape index (κ3) is 3.37. The Morgan fingerprint density at radius 3 is 2.44 bits per heavy atom. The molecule has 0 unspecified atom stereocenters. The van der Waals surface area contributed by atoms with Crippen molar-refractivity contribution in [2.75, 3.05) is 14.1 Å². The highest BCUT2D eigenvalue weighted by Crippen LogP contribution is 2.23. The molecular weight excluding hydrogens is 249 g/mol. The summed E-state index contributed by atoms with van der Waals surface area (Å²) in [6.07, 6.45) is 0.402. The van der Waals surface area contributed by atoms with Gasteiger partial charge in [0.15, 0.2) is 0 Å². The smallest absolute Gasteiger partial charge is 0.321 e. The van der Waals surface area contributed by atoms with Crippen LogP contribution in [0.3, 0.4) is 0 Å². The number of hydrogen-bond donors (Lipinski definition) is 1. The highest BCUT2D eigenvalue weighted by atomic mass is 35.5. The van der Waals surface area contributed by atoms with Gasteiger partial charge in [0.25, 0.3) is 0 Å². The summed E-state index contributed by atoms with van der Waals surface area (Å²) in [7, 11) is 3.46. The Labute approximate surface area is 105 Å². The van der Waals surface area contributed by atoms with Gasteiger partial charge in [0.2, 0.25) is 0 Å². The molecule has 0 heterocycles. The Hall–Kier alpha value is -0.770. The first-order valence-corrected chi connectivity index (χ1v) is 5.50. The van der Waals surface area contributed by atoms with Crippen molar-refractivity contribution in [1.29, 1.82) is 0 Å². The Morgan fingerprint density at radius 1 is 1.38 bits per heavy atom. The lowest BCUT2D eigenvalue weighted by Crippen LogP contribution is -2.37. The molecule has 16 heavy (non-hydrogen) atoms. The minimum absolute atomic E-state index is 0.402. The molecule has 0 aromatic heterocycles. The molecule has 0 saturated carbocycles. The monoisotopic (exact) mass is 261 g/mol. The van der Waals surface area contributed by atoms with Crippen molar-refractivity contribution >= 4 is 29.2 Å². The number of likely N-dealkylation sites (N-methyl/N-ethyl adjacent to an activating group) is 1. The molecule has 1 N–H and O–H groups in total. The molecule has 3 nitrogen and oxygen atoms in total. The summed E-state index contributed by atoms with van der Waals surface area (Å²) in [6.45, 7) is 0. The van der Waals surface area contributed by atoms with E-state index < -0.39 is 12.0 Å². The molecule has 0 spiro atoms. The quantitative estimate of drug-likeness (QED) is 0.906. The zero-order valence-electron chi connectivity index (χ0n) is 9.08. The highest BCUT2D eigenvalue weighted by molar-refractivity contribution is 6.42. The first kappa shape index (κ1) is 13.3. The molecule has 0 aliphatic heterocycles. The number of rotatable bonds is 4. The van der Waals surface area contributed by atoms with E-state index in [2.05, 4.69) is 0 Å². The molecule has 88 valence electrons. The van der Waals surface area contributed by atoms with E-state index in [9.17, 15) is 4.79 Å². The number of hydrogen-bond acceptors (Lipinski definition) is 2. The van der Waals surface area contributed by atoms with Crippen LogP contribution in [-0.2, 0) is 11.2 Å². The van der Waals surface area contributed by atoms with Crippen LogP contribution in [0.25, 0.3) is 0 Å². The van der Waals surface area contributed by atoms with Crippen molar-refractivity contribution in [1.82, 2.24) is 4.90 Å². The van der Waals surface area contributed by atoms with Gasteiger partial charge in [-0.3, -0.25) is 9.69 Å². The molecule has 0 aliphatic rings. The fourth-order valence-corrected chi connectivity index (χ4v) is 1.70. The fourth-order valence-electron chi connectivity index (χ4n) is 1.38. The van der Waals surface area contributed by atoms with Crippen molar-refractivity contribution in [3.8, 4) is 0 Å². The molecule has 5 heteroatoms. The van der Waals surface area contributed by atoms with Crippen molar-refractivity contribution in [3.63, 3.8) is 0 Å². The van der Waals surface area contributed by atoms with Gasteiger partial charge < -0.3 is 5.11 Å². The number of carbonyl (C=O) groups is 1. The lowest BCUT2D eigenvalue weighted by molar-refractivity contribution is -0.142. The molecule has 1 rings (SSSR count). The minimum Gasteiger partial charge on any atom is -0.480 e. The second kappa shape index (κ2) is 5.53. The predicted molar refractivity (Wildman–Crippen MR) is 65.3 cm³/mol. The number of carboxylic acid groups (broad SMARTS) is 1. The first-order chi connectivity index (χ1) is 7.41. The van der Waals surface area contributed by atoms with Crippen LogP contribution in [-0.4, -0.2) is 36.1 Å². The number of benzene rings is 1. The van der Waals surface area contributed by atoms with Gasteiger partial charge in [0.1, 0.15) is 6.04 Å². The summed E-state index contributed by atoms with van der Waals surface area (Å²) in [5.41, 5.74) is 0.857. The zero-order chi connectivity index (χ0) is 12.3. The number of halogens is 2. The first-order valence-electron chi connectivity index (χ1n) is 4.75. The minimum atomic E-state index is -0.851. The van der Waals surface area contributed by atoms with Crippen molar-refractivity contribution in [2.45, 2.75) is 12.5 Å². The maximum Gasteiger partial charge on any atom is 0.321 e. The topological polar surface area (TPSA) is 40.5 Å². The van der Waals surface area contributed by atoms with Gasteiger partial charge >= 0.3 is 5.97 Å². The van der Waals surface area contributed by atoms with Gasteiger partial charge in [-0.15, -0.1) is 0 Å². The maximum absolute atomic E-state index is 11.0. The average molecular weight is 262 g/mol. The Morgan fingerprint density at radius 2 is 2.00 bits per heavy atom. The van der Waals surface area contributed by atoms with Crippen LogP contribution in [0.4, 0.5) is 0 Å². The van der Waals surface area contributed by atoms with Crippen LogP contribution in [0.2, 0.25) is 10.0 Å². The summed E-state index contributed by atoms with van der Waals surface area (Å²) in [5, 5.41) is 9.95. The van der Waals surface area contributed by atoms with Crippen LogP contribution in [0, 0.1) is 0 Å². The number of carboxylic acids is 1. The van der Waals surface area contributed by atoms with E-state index in [1.165, 1.54) is 0 Å². The van der Waals surface area contributed by atoms with Crippen LogP contribution in [0.15, 0.2) is 18.2 Å². The van der Waals surface area contributed by atoms with E-state index in [1.54, 1.807) is 37.2 Å². The highest BCUT2D eigenvalue weighted by Gasteiger charge is 2.20. The van der Waals surface area contributed by atoms with Crippen LogP contribution in [0.1, 0.15) is 5.56 Å². The number of aliphatic carboxylic acids is 1. The average Bonchev–Trinajstić information content (AvgIpc) is 2.18. The maximum atomic E-state index is 11.0. The van der Waals surface area contributed by atoms with E-state index in [-0.39, 0.29) is 0 Å². The standard InChI is InChI=1S/C11H13Cl2NO2/c1-14(2)10(11(15)16)6-7-3-4-8(12)9(13)5-7/h3-5,10H,6H2,1-2H3,(H,15,16)/t10-/m1/s1. The Kier molecular flexibility index (Phi) is 4.59. The Balaban J connectivity index is 2.86. The molecule has 0 fully saturated rings. The second-order valence-corrected chi connectivity index (χ2v) is 4.58. The van der Waals surface area contributed by atoms with E-state index in [0.29, 0.717) is 16.5 Å². The molecule has 1 atom stereocenters. The molecule has 0 amide bonds. The van der Waals surface area contributed by atoms with E-state index in [0.717, 1.165) is 5.56 Å². The van der Waals surface area contributed by atoms with Gasteiger partial charge in [-0.25, -0.2) is 0 Å². The fraction of sp³-hybridized carbons (Fsp3) is 0.364. The Bertz CT molecular complexity index is 394. The second-order valence-electron chi connectivity index (χ2n) is 3.77. The molecule has 1 aromatic rings. The largest absolute Gasteiger partial charge is 0.480 e. The zero-order valence-corrected chi connectivity index (χ0v) is 10.6. The summed E-state index contributed by atoms with van der Waals surface area (Å²) >= 11 is 11.6. The van der Waals surface area contributed by atoms with Gasteiger partial charge in [0, 0.05) is 0 Å². The van der Waals surface area contributed by atoms with Gasteiger partial charge in [-0.2, -0.15) is 0 Å². The summed E-state index contributed by atoms with van der Waals surface area (Å²) in [4.78, 5) is 12.7. The molecule has 0 bridgehead atoms. The molecular formula is C11H13Cl2NO2. The van der Waals surface area contributed by atoms with Crippen molar-refractivity contribution < 1.29 is 9.90 Å². The normalized spacial score (nSPS) is 12.8. The lowest BCUT2D eigenvalue weighted by atomic mass is 10.1. The molecule has 0 saturated heterocycles. The SMILES string of the molecule is CN(C)[C@H](Cc1ccc(Cl)c(Cl)c1)C(=O)O.